The number of nitrogens with one attached hydrogen (secondary N) is 3. The highest BCUT2D eigenvalue weighted by Gasteiger charge is 2.08. The van der Waals surface area contributed by atoms with E-state index >= 15 is 0 Å². The number of rotatable bonds is 7. The first-order chi connectivity index (χ1) is 13.0. The van der Waals surface area contributed by atoms with Crippen LogP contribution in [0, 0.1) is 5.92 Å². The monoisotopic (exact) mass is 366 g/mol. The molecule has 0 aliphatic rings. The summed E-state index contributed by atoms with van der Waals surface area (Å²) < 4.78 is 0. The van der Waals surface area contributed by atoms with Crippen molar-refractivity contribution in [2.24, 2.45) is 10.9 Å². The number of carbonyl (C=O) groups is 1. The van der Waals surface area contributed by atoms with E-state index in [2.05, 4.69) is 46.9 Å². The van der Waals surface area contributed by atoms with Crippen LogP contribution in [0.15, 0.2) is 59.6 Å². The Bertz CT molecular complexity index is 739. The molecule has 0 saturated carbocycles. The maximum absolute atomic E-state index is 11.8. The summed E-state index contributed by atoms with van der Waals surface area (Å²) in [6, 6.07) is 18.3. The molecule has 1 atom stereocenters. The molecule has 0 bridgehead atoms. The molecule has 2 aromatic rings. The number of amides is 1. The predicted molar refractivity (Wildman–Crippen MR) is 113 cm³/mol. The summed E-state index contributed by atoms with van der Waals surface area (Å²) >= 11 is 0. The number of guanidine groups is 1. The zero-order chi connectivity index (χ0) is 19.6. The second kappa shape index (κ2) is 10.4. The fourth-order valence-electron chi connectivity index (χ4n) is 2.50. The second-order valence-corrected chi connectivity index (χ2v) is 6.81. The molecule has 27 heavy (non-hydrogen) atoms. The van der Waals surface area contributed by atoms with E-state index in [1.54, 1.807) is 0 Å². The molecular weight excluding hydrogens is 336 g/mol. The van der Waals surface area contributed by atoms with Crippen LogP contribution in [0.1, 0.15) is 44.9 Å². The highest BCUT2D eigenvalue weighted by Crippen LogP contribution is 2.13. The maximum Gasteiger partial charge on any atom is 0.226 e. The van der Waals surface area contributed by atoms with Gasteiger partial charge in [-0.15, -0.1) is 0 Å². The lowest BCUT2D eigenvalue weighted by Gasteiger charge is -2.18. The maximum atomic E-state index is 11.8. The highest BCUT2D eigenvalue weighted by molar-refractivity contribution is 5.92. The summed E-state index contributed by atoms with van der Waals surface area (Å²) in [4.78, 5) is 16.4. The van der Waals surface area contributed by atoms with E-state index in [9.17, 15) is 4.79 Å². The minimum absolute atomic E-state index is 0.0225. The normalized spacial score (nSPS) is 12.6. The highest BCUT2D eigenvalue weighted by atomic mass is 16.1. The molecule has 1 unspecified atom stereocenters. The van der Waals surface area contributed by atoms with Gasteiger partial charge < -0.3 is 16.0 Å². The molecule has 0 saturated heterocycles. The molecule has 0 aromatic heterocycles. The molecular formula is C22H30N4O. The van der Waals surface area contributed by atoms with Crippen LogP contribution in [0.3, 0.4) is 0 Å². The molecule has 2 aromatic carbocycles. The number of carbonyl (C=O) groups excluding carboxylic acids is 1. The van der Waals surface area contributed by atoms with E-state index in [0.717, 1.165) is 23.8 Å². The van der Waals surface area contributed by atoms with Crippen LogP contribution in [-0.2, 0) is 11.3 Å². The van der Waals surface area contributed by atoms with Gasteiger partial charge in [0.1, 0.15) is 0 Å². The number of hydrogen-bond acceptors (Lipinski definition) is 2. The van der Waals surface area contributed by atoms with E-state index in [1.165, 1.54) is 5.56 Å². The smallest absolute Gasteiger partial charge is 0.226 e. The third-order valence-corrected chi connectivity index (χ3v) is 4.16. The molecule has 0 heterocycles. The predicted octanol–water partition coefficient (Wildman–Crippen LogP) is 4.10. The topological polar surface area (TPSA) is 65.5 Å². The Morgan fingerprint density at radius 1 is 1.00 bits per heavy atom. The zero-order valence-electron chi connectivity index (χ0n) is 16.6. The minimum atomic E-state index is -0.0327. The molecule has 0 aliphatic heterocycles. The molecule has 0 aliphatic carbocycles. The van der Waals surface area contributed by atoms with Gasteiger partial charge in [0.05, 0.1) is 12.6 Å². The van der Waals surface area contributed by atoms with Gasteiger partial charge in [0.2, 0.25) is 5.91 Å². The van der Waals surface area contributed by atoms with Crippen molar-refractivity contribution >= 4 is 17.6 Å². The van der Waals surface area contributed by atoms with E-state index < -0.39 is 0 Å². The zero-order valence-corrected chi connectivity index (χ0v) is 16.6. The third-order valence-electron chi connectivity index (χ3n) is 4.16. The summed E-state index contributed by atoms with van der Waals surface area (Å²) in [5.74, 6) is 0.773. The lowest BCUT2D eigenvalue weighted by molar-refractivity contribution is -0.118. The summed E-state index contributed by atoms with van der Waals surface area (Å²) in [7, 11) is 0. The number of benzene rings is 2. The van der Waals surface area contributed by atoms with Gasteiger partial charge in [0.15, 0.2) is 5.96 Å². The van der Waals surface area contributed by atoms with E-state index in [1.807, 2.05) is 56.3 Å². The lowest BCUT2D eigenvalue weighted by Crippen LogP contribution is -2.38. The van der Waals surface area contributed by atoms with Crippen molar-refractivity contribution in [1.29, 1.82) is 0 Å². The van der Waals surface area contributed by atoms with Crippen LogP contribution in [0.5, 0.6) is 0 Å². The van der Waals surface area contributed by atoms with Crippen molar-refractivity contribution in [3.8, 4) is 0 Å². The average molecular weight is 367 g/mol. The van der Waals surface area contributed by atoms with E-state index in [0.29, 0.717) is 6.54 Å². The van der Waals surface area contributed by atoms with Crippen molar-refractivity contribution < 1.29 is 4.79 Å². The lowest BCUT2D eigenvalue weighted by atomic mass is 10.1. The Hall–Kier alpha value is -2.82. The average Bonchev–Trinajstić information content (AvgIpc) is 2.68. The molecule has 5 heteroatoms. The minimum Gasteiger partial charge on any atom is -0.357 e. The first kappa shape index (κ1) is 20.5. The van der Waals surface area contributed by atoms with Gasteiger partial charge in [-0.05, 0) is 37.1 Å². The Labute approximate surface area is 162 Å². The fraction of sp³-hybridized carbons (Fsp3) is 0.364. The fourth-order valence-corrected chi connectivity index (χ4v) is 2.50. The van der Waals surface area contributed by atoms with Gasteiger partial charge in [-0.2, -0.15) is 0 Å². The van der Waals surface area contributed by atoms with E-state index in [-0.39, 0.29) is 17.9 Å². The number of hydrogen-bond donors (Lipinski definition) is 3. The van der Waals surface area contributed by atoms with Crippen LogP contribution >= 0.6 is 0 Å². The van der Waals surface area contributed by atoms with Gasteiger partial charge in [-0.25, -0.2) is 4.99 Å². The number of nitrogens with zero attached hydrogens (tertiary/aromatic N) is 1. The van der Waals surface area contributed by atoms with Crippen LogP contribution in [0.25, 0.3) is 0 Å². The molecule has 0 spiro atoms. The van der Waals surface area contributed by atoms with Gasteiger partial charge in [-0.1, -0.05) is 56.3 Å². The molecule has 1 amide bonds. The third kappa shape index (κ3) is 6.77. The standard InChI is InChI=1S/C22H30N4O/c1-5-23-22(25-17(4)19-9-7-6-8-10-19)24-15-18-11-13-20(14-12-18)26-21(27)16(2)3/h6-14,16-17H,5,15H2,1-4H3,(H,26,27)(H2,23,24,25). The quantitative estimate of drug-likeness (QED) is 0.511. The molecule has 0 radical (unpaired) electrons. The summed E-state index contributed by atoms with van der Waals surface area (Å²) in [6.07, 6.45) is 0. The van der Waals surface area contributed by atoms with Crippen molar-refractivity contribution in [3.63, 3.8) is 0 Å². The number of aliphatic imine (C=N–C) groups is 1. The molecule has 3 N–H and O–H groups in total. The van der Waals surface area contributed by atoms with Crippen molar-refractivity contribution in [3.05, 3.63) is 65.7 Å². The Kier molecular flexibility index (Phi) is 7.86. The van der Waals surface area contributed by atoms with Gasteiger partial charge in [-0.3, -0.25) is 4.79 Å². The largest absolute Gasteiger partial charge is 0.357 e. The number of anilines is 1. The SMILES string of the molecule is CCNC(=NCc1ccc(NC(=O)C(C)C)cc1)NC(C)c1ccccc1. The van der Waals surface area contributed by atoms with Crippen LogP contribution in [0.4, 0.5) is 5.69 Å². The summed E-state index contributed by atoms with van der Waals surface area (Å²) in [5, 5.41) is 9.62. The summed E-state index contributed by atoms with van der Waals surface area (Å²) in [6.45, 7) is 9.29. The molecule has 2 rings (SSSR count). The molecule has 5 nitrogen and oxygen atoms in total. The van der Waals surface area contributed by atoms with Crippen LogP contribution in [-0.4, -0.2) is 18.4 Å². The Balaban J connectivity index is 1.98. The van der Waals surface area contributed by atoms with Crippen LogP contribution < -0.4 is 16.0 Å². The first-order valence-corrected chi connectivity index (χ1v) is 9.49. The second-order valence-electron chi connectivity index (χ2n) is 6.81. The summed E-state index contributed by atoms with van der Waals surface area (Å²) in [5.41, 5.74) is 3.11. The van der Waals surface area contributed by atoms with E-state index in [4.69, 9.17) is 0 Å². The van der Waals surface area contributed by atoms with Crippen molar-refractivity contribution in [2.45, 2.75) is 40.3 Å². The van der Waals surface area contributed by atoms with Crippen LogP contribution in [0.2, 0.25) is 0 Å². The van der Waals surface area contributed by atoms with Gasteiger partial charge >= 0.3 is 0 Å². The molecule has 0 fully saturated rings. The van der Waals surface area contributed by atoms with Crippen molar-refractivity contribution in [2.75, 3.05) is 11.9 Å². The Morgan fingerprint density at radius 3 is 2.26 bits per heavy atom. The van der Waals surface area contributed by atoms with Gasteiger partial charge in [0.25, 0.3) is 0 Å². The van der Waals surface area contributed by atoms with Crippen molar-refractivity contribution in [1.82, 2.24) is 10.6 Å². The Morgan fingerprint density at radius 2 is 1.67 bits per heavy atom. The molecule has 144 valence electrons. The first-order valence-electron chi connectivity index (χ1n) is 9.49. The van der Waals surface area contributed by atoms with Gasteiger partial charge in [0, 0.05) is 18.2 Å².